The molecule has 0 saturated heterocycles. The van der Waals surface area contributed by atoms with Crippen molar-refractivity contribution in [3.05, 3.63) is 36.1 Å². The van der Waals surface area contributed by atoms with Crippen LogP contribution in [-0.4, -0.2) is 10.9 Å². The number of halogens is 1. The first-order chi connectivity index (χ1) is 6.74. The summed E-state index contributed by atoms with van der Waals surface area (Å²) in [6.45, 7) is 3.54. The van der Waals surface area contributed by atoms with Crippen LogP contribution in [0.2, 0.25) is 5.02 Å². The lowest BCUT2D eigenvalue weighted by atomic mass is 10.3. The van der Waals surface area contributed by atoms with Gasteiger partial charge in [0.15, 0.2) is 0 Å². The summed E-state index contributed by atoms with van der Waals surface area (Å²) >= 11 is 5.83. The van der Waals surface area contributed by atoms with Crippen LogP contribution in [0.25, 0.3) is 0 Å². The summed E-state index contributed by atoms with van der Waals surface area (Å²) in [4.78, 5) is 15.1. The number of hydrogen-bond donors (Lipinski definition) is 1. The highest BCUT2D eigenvalue weighted by atomic mass is 35.5. The van der Waals surface area contributed by atoms with Gasteiger partial charge in [-0.15, -0.1) is 6.58 Å². The van der Waals surface area contributed by atoms with Gasteiger partial charge in [0.05, 0.1) is 16.9 Å². The van der Waals surface area contributed by atoms with E-state index in [1.807, 2.05) is 0 Å². The summed E-state index contributed by atoms with van der Waals surface area (Å²) in [5.41, 5.74) is 0.545. The SMILES string of the molecule is C=CCCC(=O)Nc1cnccc1Cl. The van der Waals surface area contributed by atoms with Gasteiger partial charge in [-0.1, -0.05) is 17.7 Å². The Hall–Kier alpha value is -1.35. The largest absolute Gasteiger partial charge is 0.323 e. The predicted octanol–water partition coefficient (Wildman–Crippen LogP) is 2.64. The molecule has 0 atom stereocenters. The van der Waals surface area contributed by atoms with Crippen molar-refractivity contribution in [1.82, 2.24) is 4.98 Å². The molecular weight excluding hydrogens is 200 g/mol. The van der Waals surface area contributed by atoms with Crippen molar-refractivity contribution in [2.45, 2.75) is 12.8 Å². The number of carbonyl (C=O) groups is 1. The van der Waals surface area contributed by atoms with Gasteiger partial charge in [-0.25, -0.2) is 0 Å². The number of pyridine rings is 1. The molecule has 3 nitrogen and oxygen atoms in total. The van der Waals surface area contributed by atoms with E-state index in [1.165, 1.54) is 6.20 Å². The first-order valence-corrected chi connectivity index (χ1v) is 4.62. The van der Waals surface area contributed by atoms with Crippen LogP contribution >= 0.6 is 11.6 Å². The molecule has 0 bridgehead atoms. The van der Waals surface area contributed by atoms with Gasteiger partial charge in [0.1, 0.15) is 0 Å². The normalized spacial score (nSPS) is 9.50. The number of anilines is 1. The average molecular weight is 211 g/mol. The zero-order valence-corrected chi connectivity index (χ0v) is 8.42. The number of hydrogen-bond acceptors (Lipinski definition) is 2. The molecular formula is C10H11ClN2O. The molecule has 1 heterocycles. The third-order valence-corrected chi connectivity index (χ3v) is 1.95. The molecule has 4 heteroatoms. The van der Waals surface area contributed by atoms with Gasteiger partial charge >= 0.3 is 0 Å². The number of nitrogens with one attached hydrogen (secondary N) is 1. The van der Waals surface area contributed by atoms with Gasteiger partial charge < -0.3 is 5.32 Å². The van der Waals surface area contributed by atoms with Crippen LogP contribution in [0.15, 0.2) is 31.1 Å². The lowest BCUT2D eigenvalue weighted by Gasteiger charge is -2.04. The van der Waals surface area contributed by atoms with Crippen LogP contribution in [0.3, 0.4) is 0 Å². The lowest BCUT2D eigenvalue weighted by molar-refractivity contribution is -0.116. The average Bonchev–Trinajstić information content (AvgIpc) is 2.18. The first-order valence-electron chi connectivity index (χ1n) is 4.24. The molecule has 0 fully saturated rings. The standard InChI is InChI=1S/C10H11ClN2O/c1-2-3-4-10(14)13-9-7-12-6-5-8(9)11/h2,5-7H,1,3-4H2,(H,13,14). The monoisotopic (exact) mass is 210 g/mol. The molecule has 0 aliphatic carbocycles. The Kier molecular flexibility index (Phi) is 4.13. The molecule has 0 spiro atoms. The van der Waals surface area contributed by atoms with Gasteiger partial charge in [0.2, 0.25) is 5.91 Å². The Morgan fingerprint density at radius 3 is 3.14 bits per heavy atom. The lowest BCUT2D eigenvalue weighted by Crippen LogP contribution is -2.11. The third kappa shape index (κ3) is 3.18. The Bertz CT molecular complexity index is 339. The number of rotatable bonds is 4. The topological polar surface area (TPSA) is 42.0 Å². The summed E-state index contributed by atoms with van der Waals surface area (Å²) in [5.74, 6) is -0.0835. The van der Waals surface area contributed by atoms with E-state index in [9.17, 15) is 4.79 Å². The summed E-state index contributed by atoms with van der Waals surface area (Å²) in [6, 6.07) is 1.63. The van der Waals surface area contributed by atoms with Crippen molar-refractivity contribution in [3.63, 3.8) is 0 Å². The Balaban J connectivity index is 2.56. The fourth-order valence-corrected chi connectivity index (χ4v) is 1.07. The molecule has 1 rings (SSSR count). The molecule has 0 aliphatic rings. The van der Waals surface area contributed by atoms with Crippen molar-refractivity contribution < 1.29 is 4.79 Å². The fourth-order valence-electron chi connectivity index (χ4n) is 0.915. The molecule has 14 heavy (non-hydrogen) atoms. The van der Waals surface area contributed by atoms with Gasteiger partial charge in [-0.2, -0.15) is 0 Å². The highest BCUT2D eigenvalue weighted by Crippen LogP contribution is 2.19. The van der Waals surface area contributed by atoms with E-state index in [0.29, 0.717) is 23.6 Å². The van der Waals surface area contributed by atoms with Gasteiger partial charge in [-0.05, 0) is 12.5 Å². The maximum atomic E-state index is 11.3. The molecule has 0 unspecified atom stereocenters. The van der Waals surface area contributed by atoms with Crippen LogP contribution in [0.1, 0.15) is 12.8 Å². The number of nitrogens with zero attached hydrogens (tertiary/aromatic N) is 1. The Morgan fingerprint density at radius 2 is 2.50 bits per heavy atom. The molecule has 0 aliphatic heterocycles. The molecule has 1 N–H and O–H groups in total. The maximum absolute atomic E-state index is 11.3. The van der Waals surface area contributed by atoms with Crippen molar-refractivity contribution in [1.29, 1.82) is 0 Å². The Labute approximate surface area is 87.8 Å². The van der Waals surface area contributed by atoms with E-state index < -0.39 is 0 Å². The van der Waals surface area contributed by atoms with Crippen LogP contribution in [0, 0.1) is 0 Å². The number of allylic oxidation sites excluding steroid dienone is 1. The summed E-state index contributed by atoms with van der Waals surface area (Å²) in [7, 11) is 0. The number of amides is 1. The summed E-state index contributed by atoms with van der Waals surface area (Å²) in [6.07, 6.45) is 5.86. The van der Waals surface area contributed by atoms with E-state index in [1.54, 1.807) is 18.3 Å². The second-order valence-corrected chi connectivity index (χ2v) is 3.14. The molecule has 0 radical (unpaired) electrons. The van der Waals surface area contributed by atoms with Crippen LogP contribution < -0.4 is 5.32 Å². The molecule has 1 aromatic heterocycles. The van der Waals surface area contributed by atoms with Crippen molar-refractivity contribution >= 4 is 23.2 Å². The van der Waals surface area contributed by atoms with Crippen LogP contribution in [-0.2, 0) is 4.79 Å². The summed E-state index contributed by atoms with van der Waals surface area (Å²) in [5, 5.41) is 3.16. The number of aromatic nitrogens is 1. The zero-order chi connectivity index (χ0) is 10.4. The third-order valence-electron chi connectivity index (χ3n) is 1.62. The molecule has 1 aromatic rings. The smallest absolute Gasteiger partial charge is 0.224 e. The molecule has 0 saturated carbocycles. The van der Waals surface area contributed by atoms with Gasteiger partial charge in [-0.3, -0.25) is 9.78 Å². The maximum Gasteiger partial charge on any atom is 0.224 e. The minimum Gasteiger partial charge on any atom is -0.323 e. The minimum absolute atomic E-state index is 0.0835. The Morgan fingerprint density at radius 1 is 1.71 bits per heavy atom. The van der Waals surface area contributed by atoms with Crippen LogP contribution in [0.4, 0.5) is 5.69 Å². The van der Waals surface area contributed by atoms with E-state index in [4.69, 9.17) is 11.6 Å². The first kappa shape index (κ1) is 10.7. The molecule has 0 aromatic carbocycles. The van der Waals surface area contributed by atoms with E-state index in [0.717, 1.165) is 0 Å². The quantitative estimate of drug-likeness (QED) is 0.777. The van der Waals surface area contributed by atoms with Crippen LogP contribution in [0.5, 0.6) is 0 Å². The van der Waals surface area contributed by atoms with Crippen molar-refractivity contribution in [3.8, 4) is 0 Å². The highest BCUT2D eigenvalue weighted by Gasteiger charge is 2.03. The second-order valence-electron chi connectivity index (χ2n) is 2.73. The second kappa shape index (κ2) is 5.40. The van der Waals surface area contributed by atoms with E-state index >= 15 is 0 Å². The van der Waals surface area contributed by atoms with Gasteiger partial charge in [0, 0.05) is 12.6 Å². The molecule has 1 amide bonds. The minimum atomic E-state index is -0.0835. The zero-order valence-electron chi connectivity index (χ0n) is 7.66. The van der Waals surface area contributed by atoms with Crippen molar-refractivity contribution in [2.24, 2.45) is 0 Å². The van der Waals surface area contributed by atoms with Gasteiger partial charge in [0.25, 0.3) is 0 Å². The van der Waals surface area contributed by atoms with E-state index in [-0.39, 0.29) is 5.91 Å². The number of carbonyl (C=O) groups excluding carboxylic acids is 1. The van der Waals surface area contributed by atoms with E-state index in [2.05, 4.69) is 16.9 Å². The fraction of sp³-hybridized carbons (Fsp3) is 0.200. The predicted molar refractivity (Wildman–Crippen MR) is 57.3 cm³/mol. The van der Waals surface area contributed by atoms with Crippen molar-refractivity contribution in [2.75, 3.05) is 5.32 Å². The molecule has 74 valence electrons. The summed E-state index contributed by atoms with van der Waals surface area (Å²) < 4.78 is 0. The highest BCUT2D eigenvalue weighted by molar-refractivity contribution is 6.33.